The van der Waals surface area contributed by atoms with Crippen LogP contribution >= 0.6 is 31.9 Å². The molecular weight excluding hydrogens is 398 g/mol. The Labute approximate surface area is 131 Å². The Kier molecular flexibility index (Phi) is 6.75. The van der Waals surface area contributed by atoms with E-state index in [0.29, 0.717) is 16.7 Å². The van der Waals surface area contributed by atoms with Gasteiger partial charge in [-0.05, 0) is 54.1 Å². The van der Waals surface area contributed by atoms with E-state index in [9.17, 15) is 8.42 Å². The zero-order chi connectivity index (χ0) is 14.5. The third kappa shape index (κ3) is 5.39. The van der Waals surface area contributed by atoms with Gasteiger partial charge < -0.3 is 5.32 Å². The second-order valence-electron chi connectivity index (χ2n) is 4.01. The molecule has 5 nitrogen and oxygen atoms in total. The summed E-state index contributed by atoms with van der Waals surface area (Å²) in [4.78, 5) is 0. The lowest BCUT2D eigenvalue weighted by molar-refractivity contribution is 0.462. The van der Waals surface area contributed by atoms with E-state index in [-0.39, 0.29) is 0 Å². The molecular formula is C11H17Br2N3O2S. The van der Waals surface area contributed by atoms with Gasteiger partial charge in [-0.3, -0.25) is 4.72 Å². The first-order valence-corrected chi connectivity index (χ1v) is 8.73. The Morgan fingerprint density at radius 3 is 2.58 bits per heavy atom. The predicted octanol–water partition coefficient (Wildman–Crippen LogP) is 2.41. The van der Waals surface area contributed by atoms with Gasteiger partial charge in [0.25, 0.3) is 0 Å². The van der Waals surface area contributed by atoms with Crippen LogP contribution in [0.4, 0.5) is 5.69 Å². The van der Waals surface area contributed by atoms with Crippen LogP contribution in [0.5, 0.6) is 0 Å². The smallest absolute Gasteiger partial charge is 0.301 e. The zero-order valence-corrected chi connectivity index (χ0v) is 14.8. The molecule has 0 aliphatic heterocycles. The van der Waals surface area contributed by atoms with Crippen LogP contribution in [-0.2, 0) is 10.2 Å². The molecule has 1 rings (SSSR count). The summed E-state index contributed by atoms with van der Waals surface area (Å²) < 4.78 is 29.6. The lowest BCUT2D eigenvalue weighted by Crippen LogP contribution is -2.34. The largest absolute Gasteiger partial charge is 0.320 e. The number of nitrogens with zero attached hydrogens (tertiary/aromatic N) is 1. The lowest BCUT2D eigenvalue weighted by Gasteiger charge is -2.18. The van der Waals surface area contributed by atoms with Gasteiger partial charge in [0.1, 0.15) is 0 Å². The first-order valence-electron chi connectivity index (χ1n) is 5.70. The fraction of sp³-hybridized carbons (Fsp3) is 0.455. The summed E-state index contributed by atoms with van der Waals surface area (Å²) in [6.07, 6.45) is 0.759. The van der Waals surface area contributed by atoms with Gasteiger partial charge in [-0.2, -0.15) is 12.7 Å². The SMILES string of the molecule is CNCCCN(C)S(=O)(=O)Nc1ccc(Br)cc1Br. The molecule has 0 aliphatic rings. The van der Waals surface area contributed by atoms with E-state index in [0.717, 1.165) is 17.4 Å². The Balaban J connectivity index is 2.73. The van der Waals surface area contributed by atoms with Crippen molar-refractivity contribution in [2.45, 2.75) is 6.42 Å². The molecule has 8 heteroatoms. The van der Waals surface area contributed by atoms with Crippen LogP contribution in [0.2, 0.25) is 0 Å². The number of rotatable bonds is 7. The fourth-order valence-corrected chi connectivity index (χ4v) is 3.65. The molecule has 0 bridgehead atoms. The summed E-state index contributed by atoms with van der Waals surface area (Å²) in [6.45, 7) is 1.24. The summed E-state index contributed by atoms with van der Waals surface area (Å²) in [5, 5.41) is 2.98. The van der Waals surface area contributed by atoms with Crippen molar-refractivity contribution in [3.63, 3.8) is 0 Å². The van der Waals surface area contributed by atoms with Crippen molar-refractivity contribution in [3.05, 3.63) is 27.1 Å². The van der Waals surface area contributed by atoms with Crippen molar-refractivity contribution >= 4 is 47.8 Å². The molecule has 0 atom stereocenters. The maximum atomic E-state index is 12.1. The predicted molar refractivity (Wildman–Crippen MR) is 85.6 cm³/mol. The third-order valence-electron chi connectivity index (χ3n) is 2.48. The van der Waals surface area contributed by atoms with Gasteiger partial charge in [0, 0.05) is 22.5 Å². The van der Waals surface area contributed by atoms with Gasteiger partial charge in [-0.25, -0.2) is 0 Å². The number of benzene rings is 1. The standard InChI is InChI=1S/C11H17Br2N3O2S/c1-14-6-3-7-16(2)19(17,18)15-11-5-4-9(12)8-10(11)13/h4-5,8,14-15H,3,6-7H2,1-2H3. The van der Waals surface area contributed by atoms with Crippen LogP contribution in [0.3, 0.4) is 0 Å². The first kappa shape index (κ1) is 16.9. The summed E-state index contributed by atoms with van der Waals surface area (Å²) >= 11 is 6.65. The molecule has 0 fully saturated rings. The molecule has 0 unspecified atom stereocenters. The van der Waals surface area contributed by atoms with E-state index < -0.39 is 10.2 Å². The Morgan fingerprint density at radius 1 is 1.32 bits per heavy atom. The second-order valence-corrected chi connectivity index (χ2v) is 7.56. The number of nitrogens with one attached hydrogen (secondary N) is 2. The second kappa shape index (κ2) is 7.58. The highest BCUT2D eigenvalue weighted by Crippen LogP contribution is 2.27. The lowest BCUT2D eigenvalue weighted by atomic mass is 10.3. The van der Waals surface area contributed by atoms with Gasteiger partial charge in [-0.15, -0.1) is 0 Å². The number of hydrogen-bond acceptors (Lipinski definition) is 3. The minimum atomic E-state index is -3.52. The molecule has 0 saturated heterocycles. The Bertz CT molecular complexity index is 523. The van der Waals surface area contributed by atoms with E-state index in [4.69, 9.17) is 0 Å². The fourth-order valence-electron chi connectivity index (χ4n) is 1.39. The van der Waals surface area contributed by atoms with Gasteiger partial charge in [0.05, 0.1) is 5.69 Å². The van der Waals surface area contributed by atoms with Crippen LogP contribution in [0.25, 0.3) is 0 Å². The van der Waals surface area contributed by atoms with E-state index in [1.807, 2.05) is 7.05 Å². The highest BCUT2D eigenvalue weighted by atomic mass is 79.9. The molecule has 2 N–H and O–H groups in total. The maximum absolute atomic E-state index is 12.1. The van der Waals surface area contributed by atoms with Gasteiger partial charge in [0.2, 0.25) is 0 Å². The van der Waals surface area contributed by atoms with Gasteiger partial charge in [0.15, 0.2) is 0 Å². The van der Waals surface area contributed by atoms with Crippen molar-refractivity contribution in [3.8, 4) is 0 Å². The molecule has 1 aromatic carbocycles. The van der Waals surface area contributed by atoms with Crippen LogP contribution in [0.1, 0.15) is 6.42 Å². The average Bonchev–Trinajstić information content (AvgIpc) is 2.33. The van der Waals surface area contributed by atoms with Crippen LogP contribution in [0.15, 0.2) is 27.1 Å². The molecule has 19 heavy (non-hydrogen) atoms. The average molecular weight is 415 g/mol. The van der Waals surface area contributed by atoms with E-state index in [1.54, 1.807) is 25.2 Å². The monoisotopic (exact) mass is 413 g/mol. The summed E-state index contributed by atoms with van der Waals surface area (Å²) in [5.41, 5.74) is 0.517. The number of anilines is 1. The van der Waals surface area contributed by atoms with Crippen LogP contribution in [0, 0.1) is 0 Å². The number of hydrogen-bond donors (Lipinski definition) is 2. The van der Waals surface area contributed by atoms with Crippen molar-refractivity contribution in [2.24, 2.45) is 0 Å². The molecule has 0 heterocycles. The minimum absolute atomic E-state index is 0.463. The molecule has 0 radical (unpaired) electrons. The molecule has 0 aromatic heterocycles. The van der Waals surface area contributed by atoms with Crippen molar-refractivity contribution in [2.75, 3.05) is 31.9 Å². The quantitative estimate of drug-likeness (QED) is 0.673. The van der Waals surface area contributed by atoms with Crippen molar-refractivity contribution < 1.29 is 8.42 Å². The van der Waals surface area contributed by atoms with Crippen LogP contribution < -0.4 is 10.0 Å². The maximum Gasteiger partial charge on any atom is 0.301 e. The first-order chi connectivity index (χ1) is 8.86. The Hall–Kier alpha value is -0.150. The molecule has 0 saturated carbocycles. The zero-order valence-electron chi connectivity index (χ0n) is 10.8. The van der Waals surface area contributed by atoms with E-state index in [1.165, 1.54) is 4.31 Å². The summed E-state index contributed by atoms with van der Waals surface area (Å²) in [7, 11) is -0.120. The normalized spacial score (nSPS) is 11.8. The van der Waals surface area contributed by atoms with Crippen molar-refractivity contribution in [1.29, 1.82) is 0 Å². The van der Waals surface area contributed by atoms with Gasteiger partial charge in [-0.1, -0.05) is 15.9 Å². The Morgan fingerprint density at radius 2 is 2.00 bits per heavy atom. The minimum Gasteiger partial charge on any atom is -0.320 e. The summed E-state index contributed by atoms with van der Waals surface area (Å²) in [5.74, 6) is 0. The van der Waals surface area contributed by atoms with Gasteiger partial charge >= 0.3 is 10.2 Å². The molecule has 0 spiro atoms. The van der Waals surface area contributed by atoms with Crippen molar-refractivity contribution in [1.82, 2.24) is 9.62 Å². The molecule has 1 aromatic rings. The highest BCUT2D eigenvalue weighted by molar-refractivity contribution is 9.11. The molecule has 108 valence electrons. The van der Waals surface area contributed by atoms with Crippen LogP contribution in [-0.4, -0.2) is 39.9 Å². The van der Waals surface area contributed by atoms with E-state index in [2.05, 4.69) is 41.9 Å². The van der Waals surface area contributed by atoms with E-state index >= 15 is 0 Å². The third-order valence-corrected chi connectivity index (χ3v) is 5.11. The molecule has 0 aliphatic carbocycles. The summed E-state index contributed by atoms with van der Waals surface area (Å²) in [6, 6.07) is 5.27. The number of halogens is 2. The topological polar surface area (TPSA) is 61.4 Å². The molecule has 0 amide bonds. The highest BCUT2D eigenvalue weighted by Gasteiger charge is 2.18.